The van der Waals surface area contributed by atoms with Gasteiger partial charge in [0.25, 0.3) is 0 Å². The largest absolute Gasteiger partial charge is 0.421 e. The number of hydrogen-bond donors (Lipinski definition) is 0. The molecule has 0 radical (unpaired) electrons. The fraction of sp³-hybridized carbons (Fsp3) is 1.00. The summed E-state index contributed by atoms with van der Waals surface area (Å²) in [7, 11) is -3.11. The lowest BCUT2D eigenvalue weighted by atomic mass is 9.91. The van der Waals surface area contributed by atoms with Crippen molar-refractivity contribution in [3.63, 3.8) is 0 Å². The van der Waals surface area contributed by atoms with Gasteiger partial charge < -0.3 is 31.6 Å². The summed E-state index contributed by atoms with van der Waals surface area (Å²) >= 11 is 0. The van der Waals surface area contributed by atoms with Crippen LogP contribution in [-0.4, -0.2) is 75.7 Å². The molecule has 28 heavy (non-hydrogen) atoms. The van der Waals surface area contributed by atoms with Crippen molar-refractivity contribution in [2.24, 2.45) is 0 Å². The third-order valence-electron chi connectivity index (χ3n) is 5.42. The Bertz CT molecular complexity index is 574. The van der Waals surface area contributed by atoms with Gasteiger partial charge in [-0.3, -0.25) is 13.7 Å². The third-order valence-corrected chi connectivity index (χ3v) is 13.3. The third kappa shape index (κ3) is 5.45. The first kappa shape index (κ1) is 28.6. The van der Waals surface area contributed by atoms with Crippen LogP contribution < -0.4 is 0 Å². The minimum Gasteiger partial charge on any atom is -0.421 e. The van der Waals surface area contributed by atoms with Gasteiger partial charge in [-0.05, 0) is 20.3 Å². The Morgan fingerprint density at radius 3 is 1.18 bits per heavy atom. The first-order chi connectivity index (χ1) is 12.9. The van der Waals surface area contributed by atoms with E-state index in [0.29, 0.717) is 0 Å². The van der Waals surface area contributed by atoms with Crippen LogP contribution in [0.25, 0.3) is 0 Å². The van der Waals surface area contributed by atoms with Crippen molar-refractivity contribution in [3.8, 4) is 0 Å². The fourth-order valence-electron chi connectivity index (χ4n) is 3.44. The zero-order valence-corrected chi connectivity index (χ0v) is 23.0. The van der Waals surface area contributed by atoms with Gasteiger partial charge in [0, 0.05) is 42.7 Å². The van der Waals surface area contributed by atoms with Crippen molar-refractivity contribution in [1.82, 2.24) is 0 Å². The molecule has 0 aromatic carbocycles. The van der Waals surface area contributed by atoms with Crippen LogP contribution in [0.3, 0.4) is 0 Å². The smallest absolute Gasteiger partial charge is 0.335 e. The molecule has 10 nitrogen and oxygen atoms in total. The van der Waals surface area contributed by atoms with E-state index in [0.717, 1.165) is 0 Å². The Balaban J connectivity index is 6.62. The molecule has 0 aliphatic heterocycles. The molecule has 0 saturated heterocycles. The number of hydrogen-bond acceptors (Lipinski definition) is 10. The highest BCUT2D eigenvalue weighted by Crippen LogP contribution is 2.66. The molecule has 3 unspecified atom stereocenters. The summed E-state index contributed by atoms with van der Waals surface area (Å²) in [6.07, 6.45) is 0.0191. The zero-order valence-electron chi connectivity index (χ0n) is 18.4. The van der Waals surface area contributed by atoms with E-state index in [1.54, 1.807) is 20.8 Å². The van der Waals surface area contributed by atoms with Gasteiger partial charge in [-0.1, -0.05) is 6.92 Å². The highest BCUT2D eigenvalue weighted by molar-refractivity contribution is 7.56. The molecule has 14 heteroatoms. The van der Waals surface area contributed by atoms with E-state index in [9.17, 15) is 13.7 Å². The van der Waals surface area contributed by atoms with Gasteiger partial charge in [0.05, 0.1) is 22.6 Å². The second-order valence-corrected chi connectivity index (χ2v) is 14.5. The van der Waals surface area contributed by atoms with Crippen molar-refractivity contribution in [2.75, 3.05) is 42.7 Å². The summed E-state index contributed by atoms with van der Waals surface area (Å²) in [5.74, 6) is 0. The van der Waals surface area contributed by atoms with Crippen molar-refractivity contribution >= 4 is 33.3 Å². The predicted octanol–water partition coefficient (Wildman–Crippen LogP) is 3.04. The topological polar surface area (TPSA) is 116 Å². The Hall–Kier alpha value is 0.627. The molecule has 0 aromatic heterocycles. The van der Waals surface area contributed by atoms with E-state index in [1.165, 1.54) is 42.7 Å². The Kier molecular flexibility index (Phi) is 11.6. The molecule has 0 aliphatic rings. The SMILES string of the molecule is COP(=O)(OC)C(C)CC(O[SiH3])(C(C)P(=O)(OC)OC)C(C)P(=O)(OC)OC. The lowest BCUT2D eigenvalue weighted by molar-refractivity contribution is 0.0451. The summed E-state index contributed by atoms with van der Waals surface area (Å²) in [6, 6.07) is 0. The molecule has 0 bridgehead atoms. The van der Waals surface area contributed by atoms with Crippen LogP contribution in [0.2, 0.25) is 0 Å². The summed E-state index contributed by atoms with van der Waals surface area (Å²) in [5.41, 5.74) is -3.87. The molecule has 3 atom stereocenters. The summed E-state index contributed by atoms with van der Waals surface area (Å²) in [6.45, 7) is 4.86. The second-order valence-electron chi connectivity index (χ2n) is 6.28. The van der Waals surface area contributed by atoms with E-state index in [4.69, 9.17) is 31.6 Å². The summed E-state index contributed by atoms with van der Waals surface area (Å²) in [5, 5.41) is 0. The van der Waals surface area contributed by atoms with Gasteiger partial charge in [-0.15, -0.1) is 0 Å². The van der Waals surface area contributed by atoms with Crippen LogP contribution in [0, 0.1) is 0 Å². The van der Waals surface area contributed by atoms with Crippen LogP contribution in [0.15, 0.2) is 0 Å². The molecule has 0 heterocycles. The van der Waals surface area contributed by atoms with E-state index in [2.05, 4.69) is 0 Å². The van der Waals surface area contributed by atoms with Crippen molar-refractivity contribution < 1.29 is 45.3 Å². The van der Waals surface area contributed by atoms with Crippen LogP contribution in [0.4, 0.5) is 0 Å². The Morgan fingerprint density at radius 1 is 0.679 bits per heavy atom. The van der Waals surface area contributed by atoms with Gasteiger partial charge in [0.1, 0.15) is 10.5 Å². The van der Waals surface area contributed by atoms with Crippen LogP contribution in [-0.2, 0) is 45.3 Å². The summed E-state index contributed by atoms with van der Waals surface area (Å²) in [4.78, 5) is 0. The van der Waals surface area contributed by atoms with Crippen molar-refractivity contribution in [2.45, 2.75) is 49.8 Å². The van der Waals surface area contributed by atoms with Gasteiger partial charge in [-0.25, -0.2) is 0 Å². The molecule has 0 N–H and O–H groups in total. The molecule has 0 rings (SSSR count). The maximum absolute atomic E-state index is 13.2. The Labute approximate surface area is 171 Å². The first-order valence-electron chi connectivity index (χ1n) is 8.55. The van der Waals surface area contributed by atoms with Gasteiger partial charge in [-0.2, -0.15) is 0 Å². The van der Waals surface area contributed by atoms with Gasteiger partial charge in [0.2, 0.25) is 0 Å². The van der Waals surface area contributed by atoms with Gasteiger partial charge >= 0.3 is 22.8 Å². The molecule has 0 aromatic rings. The zero-order chi connectivity index (χ0) is 22.4. The second kappa shape index (κ2) is 11.3. The average molecular weight is 484 g/mol. The van der Waals surface area contributed by atoms with Crippen LogP contribution >= 0.6 is 22.8 Å². The van der Waals surface area contributed by atoms with E-state index >= 15 is 0 Å². The maximum Gasteiger partial charge on any atom is 0.335 e. The van der Waals surface area contributed by atoms with Gasteiger partial charge in [0.15, 0.2) is 0 Å². The van der Waals surface area contributed by atoms with E-state index in [1.807, 2.05) is 0 Å². The van der Waals surface area contributed by atoms with Crippen LogP contribution in [0.1, 0.15) is 27.2 Å². The first-order valence-corrected chi connectivity index (χ1v) is 14.2. The molecular weight excluding hydrogens is 449 g/mol. The lowest BCUT2D eigenvalue weighted by Crippen LogP contribution is -2.53. The molecular formula is C14H35O10P3Si. The fourth-order valence-corrected chi connectivity index (χ4v) is 9.71. The highest BCUT2D eigenvalue weighted by atomic mass is 31.2. The van der Waals surface area contributed by atoms with Crippen molar-refractivity contribution in [1.29, 1.82) is 0 Å². The standard InChI is InChI=1S/C14H35O10P3Si/c1-11(25(15,18-4)19-5)10-14(24-28,12(2)26(16,20-6)21-7)13(3)27(17,22-8)23-9/h11-13H,10H2,1-9,28H3. The molecule has 170 valence electrons. The molecule has 0 fully saturated rings. The molecule has 0 saturated carbocycles. The normalized spacial score (nSPS) is 19.2. The number of rotatable bonds is 14. The Morgan fingerprint density at radius 2 is 0.964 bits per heavy atom. The maximum atomic E-state index is 13.2. The van der Waals surface area contributed by atoms with Crippen molar-refractivity contribution in [3.05, 3.63) is 0 Å². The minimum absolute atomic E-state index is 0.0191. The minimum atomic E-state index is -3.69. The van der Waals surface area contributed by atoms with Crippen LogP contribution in [0.5, 0.6) is 0 Å². The quantitative estimate of drug-likeness (QED) is 0.269. The highest BCUT2D eigenvalue weighted by Gasteiger charge is 2.58. The predicted molar refractivity (Wildman–Crippen MR) is 112 cm³/mol. The lowest BCUT2D eigenvalue weighted by Gasteiger charge is -2.47. The van der Waals surface area contributed by atoms with E-state index < -0.39 is 45.4 Å². The monoisotopic (exact) mass is 484 g/mol. The average Bonchev–Trinajstić information content (AvgIpc) is 2.74. The summed E-state index contributed by atoms with van der Waals surface area (Å²) < 4.78 is 76.2. The molecule has 0 amide bonds. The molecule has 0 spiro atoms. The molecule has 0 aliphatic carbocycles. The van der Waals surface area contributed by atoms with E-state index in [-0.39, 0.29) is 16.9 Å².